The molecule has 1 heterocycles. The summed E-state index contributed by atoms with van der Waals surface area (Å²) in [5.74, 6) is 0.408. The van der Waals surface area contributed by atoms with E-state index in [1.807, 2.05) is 97.1 Å². The summed E-state index contributed by atoms with van der Waals surface area (Å²) < 4.78 is 79.7. The predicted octanol–water partition coefficient (Wildman–Crippen LogP) is 12.6. The van der Waals surface area contributed by atoms with Crippen LogP contribution >= 0.6 is 0 Å². The maximum Gasteiger partial charge on any atom is 0.143 e. The summed E-state index contributed by atoms with van der Waals surface area (Å²) in [6.45, 7) is 0. The van der Waals surface area contributed by atoms with Crippen LogP contribution in [0.3, 0.4) is 0 Å². The van der Waals surface area contributed by atoms with Crippen molar-refractivity contribution in [2.75, 3.05) is 0 Å². The second-order valence-electron chi connectivity index (χ2n) is 11.1. The summed E-state index contributed by atoms with van der Waals surface area (Å²) in [5.41, 5.74) is 4.69. The molecule has 1 aromatic heterocycles. The number of rotatable bonds is 4. The van der Waals surface area contributed by atoms with Gasteiger partial charge in [0.2, 0.25) is 0 Å². The molecule has 0 aliphatic heterocycles. The molecule has 210 valence electrons. The first-order chi connectivity index (χ1) is 25.7. The summed E-state index contributed by atoms with van der Waals surface area (Å²) in [6.07, 6.45) is 0. The topological polar surface area (TPSA) is 13.1 Å². The third-order valence-corrected chi connectivity index (χ3v) is 8.50. The Labute approximate surface area is 272 Å². The molecule has 0 radical (unpaired) electrons. The fourth-order valence-electron chi connectivity index (χ4n) is 6.46. The molecule has 0 aliphatic carbocycles. The molecule has 0 unspecified atom stereocenters. The van der Waals surface area contributed by atoms with Gasteiger partial charge in [-0.05, 0) is 72.8 Å². The van der Waals surface area contributed by atoms with Crippen LogP contribution < -0.4 is 0 Å². The molecule has 0 atom stereocenters. The fourth-order valence-corrected chi connectivity index (χ4v) is 6.46. The van der Waals surface area contributed by atoms with Crippen molar-refractivity contribution in [1.82, 2.24) is 0 Å². The van der Waals surface area contributed by atoms with Gasteiger partial charge in [0.05, 0.1) is 11.0 Å². The average molecular weight is 581 g/mol. The molecule has 1 heteroatoms. The van der Waals surface area contributed by atoms with Gasteiger partial charge in [-0.25, -0.2) is 0 Å². The lowest BCUT2D eigenvalue weighted by Gasteiger charge is -2.18. The van der Waals surface area contributed by atoms with Crippen molar-refractivity contribution >= 4 is 43.3 Å². The minimum atomic E-state index is -0.450. The van der Waals surface area contributed by atoms with E-state index >= 15 is 0 Å². The normalized spacial score (nSPS) is 14.0. The van der Waals surface area contributed by atoms with Gasteiger partial charge in [-0.3, -0.25) is 0 Å². The van der Waals surface area contributed by atoms with Crippen molar-refractivity contribution in [1.29, 1.82) is 0 Å². The van der Waals surface area contributed by atoms with E-state index in [4.69, 9.17) is 9.90 Å². The van der Waals surface area contributed by atoms with Gasteiger partial charge in [0.15, 0.2) is 0 Å². The van der Waals surface area contributed by atoms with Gasteiger partial charge >= 0.3 is 0 Å². The molecule has 0 saturated carbocycles. The minimum Gasteiger partial charge on any atom is -0.455 e. The number of benzene rings is 8. The highest BCUT2D eigenvalue weighted by Gasteiger charge is 2.24. The first-order valence-corrected chi connectivity index (χ1v) is 14.8. The van der Waals surface area contributed by atoms with E-state index in [-0.39, 0.29) is 51.3 Å². The van der Waals surface area contributed by atoms with Crippen molar-refractivity contribution in [2.45, 2.75) is 0 Å². The second kappa shape index (κ2) is 10.4. The summed E-state index contributed by atoms with van der Waals surface area (Å²) in [7, 11) is 0. The molecule has 9 rings (SSSR count). The van der Waals surface area contributed by atoms with E-state index in [0.29, 0.717) is 39.0 Å². The van der Waals surface area contributed by atoms with Gasteiger partial charge in [0.25, 0.3) is 0 Å². The first kappa shape index (κ1) is 18.7. The Morgan fingerprint density at radius 2 is 0.933 bits per heavy atom. The van der Waals surface area contributed by atoms with Crippen LogP contribution in [-0.4, -0.2) is 0 Å². The lowest BCUT2D eigenvalue weighted by Crippen LogP contribution is -1.91. The molecule has 0 spiro atoms. The van der Waals surface area contributed by atoms with Gasteiger partial charge in [-0.2, -0.15) is 0 Å². The van der Waals surface area contributed by atoms with Gasteiger partial charge in [0, 0.05) is 22.1 Å². The van der Waals surface area contributed by atoms with Gasteiger partial charge in [0.1, 0.15) is 11.3 Å². The summed E-state index contributed by atoms with van der Waals surface area (Å²) in [4.78, 5) is 0. The highest BCUT2D eigenvalue weighted by molar-refractivity contribution is 6.25. The van der Waals surface area contributed by atoms with Gasteiger partial charge in [-0.1, -0.05) is 151 Å². The van der Waals surface area contributed by atoms with Crippen LogP contribution in [0, 0.1) is 0 Å². The molecule has 8 aromatic carbocycles. The number of fused-ring (bicyclic) bond motifs is 4. The van der Waals surface area contributed by atoms with E-state index < -0.39 is 24.2 Å². The minimum absolute atomic E-state index is 0.143. The number of hydrogen-bond donors (Lipinski definition) is 0. The van der Waals surface area contributed by atoms with E-state index in [0.717, 1.165) is 21.9 Å². The van der Waals surface area contributed by atoms with Crippen molar-refractivity contribution < 1.29 is 15.4 Å². The molecule has 0 saturated heterocycles. The molecule has 0 aliphatic rings. The van der Waals surface area contributed by atoms with Crippen molar-refractivity contribution in [3.63, 3.8) is 0 Å². The Balaban J connectivity index is 1.55. The standard InChI is InChI=1S/C44H28O/c1-3-13-29(14-4-1)33-25-26-39-40(28-33)45-44(34-24-23-30-15-7-8-18-32(30)27-34)43(39)42-37-21-11-9-19-35(37)41(31-16-5-2-6-17-31)36-20-10-12-22-38(36)42/h1-28H/i9D,10D,11D,12D,19D,20D,21D,22D. The number of furan rings is 1. The highest BCUT2D eigenvalue weighted by Crippen LogP contribution is 2.50. The van der Waals surface area contributed by atoms with Crippen LogP contribution in [0.5, 0.6) is 0 Å². The molecule has 1 nitrogen and oxygen atoms in total. The Morgan fingerprint density at radius 3 is 1.60 bits per heavy atom. The third-order valence-electron chi connectivity index (χ3n) is 8.50. The first-order valence-electron chi connectivity index (χ1n) is 18.8. The average Bonchev–Trinajstić information content (AvgIpc) is 3.58. The Bertz CT molecular complexity index is 2890. The summed E-state index contributed by atoms with van der Waals surface area (Å²) >= 11 is 0. The van der Waals surface area contributed by atoms with Crippen molar-refractivity contribution in [2.24, 2.45) is 0 Å². The molecular formula is C44H28O. The van der Waals surface area contributed by atoms with Gasteiger partial charge < -0.3 is 4.42 Å². The van der Waals surface area contributed by atoms with E-state index in [2.05, 4.69) is 0 Å². The van der Waals surface area contributed by atoms with Crippen LogP contribution in [0.1, 0.15) is 11.0 Å². The van der Waals surface area contributed by atoms with Crippen molar-refractivity contribution in [3.8, 4) is 44.7 Å². The number of hydrogen-bond acceptors (Lipinski definition) is 1. The summed E-state index contributed by atoms with van der Waals surface area (Å²) in [5, 5.41) is 3.21. The largest absolute Gasteiger partial charge is 0.455 e. The highest BCUT2D eigenvalue weighted by atomic mass is 16.3. The molecule has 0 bridgehead atoms. The lowest BCUT2D eigenvalue weighted by atomic mass is 9.84. The van der Waals surface area contributed by atoms with E-state index in [1.165, 1.54) is 0 Å². The van der Waals surface area contributed by atoms with Crippen LogP contribution in [0.4, 0.5) is 0 Å². The van der Waals surface area contributed by atoms with Crippen LogP contribution in [0.25, 0.3) is 88.0 Å². The molecule has 0 fully saturated rings. The Morgan fingerprint density at radius 1 is 0.378 bits per heavy atom. The van der Waals surface area contributed by atoms with Crippen LogP contribution in [0.15, 0.2) is 174 Å². The molecule has 9 aromatic rings. The zero-order chi connectivity index (χ0) is 36.7. The van der Waals surface area contributed by atoms with Crippen LogP contribution in [0.2, 0.25) is 0 Å². The fraction of sp³-hybridized carbons (Fsp3) is 0. The zero-order valence-electron chi connectivity index (χ0n) is 32.0. The lowest BCUT2D eigenvalue weighted by molar-refractivity contribution is 0.633. The maximum absolute atomic E-state index is 9.45. The molecule has 0 N–H and O–H groups in total. The maximum atomic E-state index is 9.45. The zero-order valence-corrected chi connectivity index (χ0v) is 24.0. The predicted molar refractivity (Wildman–Crippen MR) is 190 cm³/mol. The Kier molecular flexibility index (Phi) is 4.30. The third kappa shape index (κ3) is 4.17. The second-order valence-corrected chi connectivity index (χ2v) is 11.1. The van der Waals surface area contributed by atoms with E-state index in [9.17, 15) is 5.48 Å². The SMILES string of the molecule is [2H]c1c([2H])c([2H])c2c(-c3c(-c4ccc5ccccc5c4)oc4cc(-c5ccccc5)ccc34)c3c([2H])c([2H])c([2H])c([2H])c3c(-c3ccccc3)c2c1[2H]. The molecular weight excluding hydrogens is 544 g/mol. The van der Waals surface area contributed by atoms with Crippen molar-refractivity contribution in [3.05, 3.63) is 170 Å². The summed E-state index contributed by atoms with van der Waals surface area (Å²) in [6, 6.07) is 35.5. The quantitative estimate of drug-likeness (QED) is 0.189. The van der Waals surface area contributed by atoms with E-state index in [1.54, 1.807) is 24.3 Å². The molecule has 45 heavy (non-hydrogen) atoms. The smallest absolute Gasteiger partial charge is 0.143 e. The van der Waals surface area contributed by atoms with Gasteiger partial charge in [-0.15, -0.1) is 0 Å². The Hall–Kier alpha value is -5.92. The molecule has 0 amide bonds. The monoisotopic (exact) mass is 580 g/mol. The van der Waals surface area contributed by atoms with Crippen LogP contribution in [-0.2, 0) is 0 Å².